The van der Waals surface area contributed by atoms with E-state index in [4.69, 9.17) is 0 Å². The van der Waals surface area contributed by atoms with E-state index >= 15 is 0 Å². The van der Waals surface area contributed by atoms with E-state index in [0.717, 1.165) is 17.1 Å². The lowest BCUT2D eigenvalue weighted by Gasteiger charge is -2.08. The Kier molecular flexibility index (Phi) is 4.23. The Morgan fingerprint density at radius 3 is 2.45 bits per heavy atom. The second-order valence-electron chi connectivity index (χ2n) is 5.40. The van der Waals surface area contributed by atoms with Crippen LogP contribution in [0.4, 0.5) is 5.69 Å². The molecular formula is C16H21N3O. The molecule has 0 aliphatic heterocycles. The molecule has 2 rings (SSSR count). The number of nitrogens with one attached hydrogen (secondary N) is 1. The molecule has 0 unspecified atom stereocenters. The first-order chi connectivity index (χ1) is 9.45. The summed E-state index contributed by atoms with van der Waals surface area (Å²) in [6.07, 6.45) is 0.337. The molecule has 0 aliphatic rings. The van der Waals surface area contributed by atoms with E-state index in [0.29, 0.717) is 12.3 Å². The van der Waals surface area contributed by atoms with Crippen LogP contribution in [0.15, 0.2) is 30.3 Å². The summed E-state index contributed by atoms with van der Waals surface area (Å²) in [7, 11) is 1.85. The van der Waals surface area contributed by atoms with Crippen molar-refractivity contribution in [2.24, 2.45) is 7.05 Å². The average molecular weight is 271 g/mol. The van der Waals surface area contributed by atoms with Crippen LogP contribution in [-0.4, -0.2) is 15.7 Å². The van der Waals surface area contributed by atoms with E-state index in [9.17, 15) is 4.79 Å². The van der Waals surface area contributed by atoms with Crippen LogP contribution in [0.3, 0.4) is 0 Å². The number of hydrogen-bond donors (Lipinski definition) is 1. The Morgan fingerprint density at radius 1 is 1.30 bits per heavy atom. The largest absolute Gasteiger partial charge is 0.326 e. The lowest BCUT2D eigenvalue weighted by atomic mass is 10.0. The standard InChI is InChI=1S/C16H21N3O/c1-11(2)13-5-7-14(8-6-13)17-16(20)10-15-9-12(3)18-19(15)4/h5-9,11H,10H2,1-4H3,(H,17,20). The van der Waals surface area contributed by atoms with Crippen molar-refractivity contribution in [2.75, 3.05) is 5.32 Å². The van der Waals surface area contributed by atoms with Gasteiger partial charge in [-0.3, -0.25) is 9.48 Å². The molecule has 0 aliphatic carbocycles. The molecule has 20 heavy (non-hydrogen) atoms. The van der Waals surface area contributed by atoms with Crippen molar-refractivity contribution in [3.05, 3.63) is 47.3 Å². The zero-order valence-corrected chi connectivity index (χ0v) is 12.5. The van der Waals surface area contributed by atoms with Gasteiger partial charge in [0.1, 0.15) is 0 Å². The average Bonchev–Trinajstić information content (AvgIpc) is 2.68. The zero-order valence-electron chi connectivity index (χ0n) is 12.5. The molecule has 0 saturated heterocycles. The van der Waals surface area contributed by atoms with Gasteiger partial charge in [0.15, 0.2) is 0 Å². The Hall–Kier alpha value is -2.10. The van der Waals surface area contributed by atoms with E-state index < -0.39 is 0 Å². The fourth-order valence-electron chi connectivity index (χ4n) is 2.15. The van der Waals surface area contributed by atoms with Crippen molar-refractivity contribution in [1.29, 1.82) is 0 Å². The van der Waals surface area contributed by atoms with Gasteiger partial charge in [0.05, 0.1) is 12.1 Å². The van der Waals surface area contributed by atoms with Crippen LogP contribution in [0, 0.1) is 6.92 Å². The first-order valence-corrected chi connectivity index (χ1v) is 6.85. The Morgan fingerprint density at radius 2 is 1.95 bits per heavy atom. The van der Waals surface area contributed by atoms with Crippen LogP contribution < -0.4 is 5.32 Å². The maximum absolute atomic E-state index is 12.0. The number of benzene rings is 1. The predicted molar refractivity (Wildman–Crippen MR) is 80.8 cm³/mol. The summed E-state index contributed by atoms with van der Waals surface area (Å²) in [4.78, 5) is 12.0. The molecule has 4 heteroatoms. The molecule has 4 nitrogen and oxygen atoms in total. The molecule has 0 atom stereocenters. The van der Waals surface area contributed by atoms with Crippen LogP contribution >= 0.6 is 0 Å². The summed E-state index contributed by atoms with van der Waals surface area (Å²) in [5.41, 5.74) is 3.94. The van der Waals surface area contributed by atoms with E-state index in [1.807, 2.05) is 32.2 Å². The molecular weight excluding hydrogens is 250 g/mol. The lowest BCUT2D eigenvalue weighted by Crippen LogP contribution is -2.16. The number of carbonyl (C=O) groups is 1. The lowest BCUT2D eigenvalue weighted by molar-refractivity contribution is -0.115. The maximum Gasteiger partial charge on any atom is 0.230 e. The van der Waals surface area contributed by atoms with E-state index in [2.05, 4.69) is 36.4 Å². The quantitative estimate of drug-likeness (QED) is 0.929. The molecule has 1 N–H and O–H groups in total. The Bertz CT molecular complexity index is 597. The van der Waals surface area contributed by atoms with E-state index in [1.54, 1.807) is 4.68 Å². The Balaban J connectivity index is 1.99. The second-order valence-corrected chi connectivity index (χ2v) is 5.40. The number of carbonyl (C=O) groups excluding carboxylic acids is 1. The van der Waals surface area contributed by atoms with Gasteiger partial charge >= 0.3 is 0 Å². The molecule has 0 spiro atoms. The number of aryl methyl sites for hydroxylation is 2. The highest BCUT2D eigenvalue weighted by Gasteiger charge is 2.09. The summed E-state index contributed by atoms with van der Waals surface area (Å²) in [5.74, 6) is 0.475. The van der Waals surface area contributed by atoms with Gasteiger partial charge in [0.25, 0.3) is 0 Å². The summed E-state index contributed by atoms with van der Waals surface area (Å²) >= 11 is 0. The summed E-state index contributed by atoms with van der Waals surface area (Å²) in [5, 5.41) is 7.15. The van der Waals surface area contributed by atoms with Gasteiger partial charge < -0.3 is 5.32 Å². The number of nitrogens with zero attached hydrogens (tertiary/aromatic N) is 2. The smallest absolute Gasteiger partial charge is 0.230 e. The van der Waals surface area contributed by atoms with Crippen molar-refractivity contribution in [2.45, 2.75) is 33.1 Å². The molecule has 0 saturated carbocycles. The maximum atomic E-state index is 12.0. The fourth-order valence-corrected chi connectivity index (χ4v) is 2.15. The highest BCUT2D eigenvalue weighted by molar-refractivity contribution is 5.92. The normalized spacial score (nSPS) is 10.8. The molecule has 1 heterocycles. The van der Waals surface area contributed by atoms with Gasteiger partial charge in [-0.2, -0.15) is 5.10 Å². The molecule has 0 radical (unpaired) electrons. The highest BCUT2D eigenvalue weighted by atomic mass is 16.1. The number of rotatable bonds is 4. The fraction of sp³-hybridized carbons (Fsp3) is 0.375. The van der Waals surface area contributed by atoms with Gasteiger partial charge in [0, 0.05) is 18.4 Å². The topological polar surface area (TPSA) is 46.9 Å². The third kappa shape index (κ3) is 3.47. The minimum absolute atomic E-state index is 0.0229. The first-order valence-electron chi connectivity index (χ1n) is 6.85. The number of hydrogen-bond acceptors (Lipinski definition) is 2. The molecule has 2 aromatic rings. The van der Waals surface area contributed by atoms with Crippen LogP contribution in [-0.2, 0) is 18.3 Å². The van der Waals surface area contributed by atoms with Crippen LogP contribution in [0.2, 0.25) is 0 Å². The highest BCUT2D eigenvalue weighted by Crippen LogP contribution is 2.17. The van der Waals surface area contributed by atoms with Gasteiger partial charge in [0.2, 0.25) is 5.91 Å². The van der Waals surface area contributed by atoms with Crippen LogP contribution in [0.5, 0.6) is 0 Å². The monoisotopic (exact) mass is 271 g/mol. The van der Waals surface area contributed by atoms with Crippen LogP contribution in [0.1, 0.15) is 36.7 Å². The minimum Gasteiger partial charge on any atom is -0.326 e. The zero-order chi connectivity index (χ0) is 14.7. The molecule has 0 bridgehead atoms. The number of anilines is 1. The van der Waals surface area contributed by atoms with Crippen molar-refractivity contribution in [3.63, 3.8) is 0 Å². The third-order valence-corrected chi connectivity index (χ3v) is 3.30. The SMILES string of the molecule is Cc1cc(CC(=O)Nc2ccc(C(C)C)cc2)n(C)n1. The van der Waals surface area contributed by atoms with Gasteiger partial charge in [-0.1, -0.05) is 26.0 Å². The number of amides is 1. The summed E-state index contributed by atoms with van der Waals surface area (Å²) < 4.78 is 1.75. The summed E-state index contributed by atoms with van der Waals surface area (Å²) in [6, 6.07) is 9.92. The van der Waals surface area contributed by atoms with Gasteiger partial charge in [-0.15, -0.1) is 0 Å². The van der Waals surface area contributed by atoms with Crippen molar-refractivity contribution >= 4 is 11.6 Å². The molecule has 0 fully saturated rings. The summed E-state index contributed by atoms with van der Waals surface area (Å²) in [6.45, 7) is 6.22. The Labute approximate surface area is 119 Å². The molecule has 1 aromatic heterocycles. The van der Waals surface area contributed by atoms with E-state index in [-0.39, 0.29) is 5.91 Å². The molecule has 106 valence electrons. The van der Waals surface area contributed by atoms with Crippen LogP contribution in [0.25, 0.3) is 0 Å². The first kappa shape index (κ1) is 14.3. The van der Waals surface area contributed by atoms with Gasteiger partial charge in [-0.25, -0.2) is 0 Å². The van der Waals surface area contributed by atoms with Gasteiger partial charge in [-0.05, 0) is 36.6 Å². The second kappa shape index (κ2) is 5.90. The van der Waals surface area contributed by atoms with Crippen molar-refractivity contribution in [1.82, 2.24) is 9.78 Å². The molecule has 1 amide bonds. The third-order valence-electron chi connectivity index (χ3n) is 3.30. The van der Waals surface area contributed by atoms with E-state index in [1.165, 1.54) is 5.56 Å². The van der Waals surface area contributed by atoms with Crippen molar-refractivity contribution in [3.8, 4) is 0 Å². The minimum atomic E-state index is -0.0229. The van der Waals surface area contributed by atoms with Crippen molar-refractivity contribution < 1.29 is 4.79 Å². The molecule has 1 aromatic carbocycles. The predicted octanol–water partition coefficient (Wildman–Crippen LogP) is 3.03. The number of aromatic nitrogens is 2.